The van der Waals surface area contributed by atoms with Gasteiger partial charge in [0.2, 0.25) is 5.95 Å². The molecule has 0 bridgehead atoms. The minimum absolute atomic E-state index is 0.0754. The van der Waals surface area contributed by atoms with Crippen molar-refractivity contribution in [3.63, 3.8) is 0 Å². The quantitative estimate of drug-likeness (QED) is 0.924. The number of benzene rings is 1. The number of anilines is 1. The molecule has 2 aromatic rings. The summed E-state index contributed by atoms with van der Waals surface area (Å²) in [5.41, 5.74) is 1.93. The van der Waals surface area contributed by atoms with Gasteiger partial charge in [0, 0.05) is 49.2 Å². The van der Waals surface area contributed by atoms with Gasteiger partial charge >= 0.3 is 0 Å². The Bertz CT molecular complexity index is 716. The Morgan fingerprint density at radius 2 is 1.96 bits per heavy atom. The second-order valence-electron chi connectivity index (χ2n) is 6.69. The molecule has 25 heavy (non-hydrogen) atoms. The van der Waals surface area contributed by atoms with Gasteiger partial charge < -0.3 is 15.0 Å². The van der Waals surface area contributed by atoms with Crippen LogP contribution in [0, 0.1) is 5.82 Å². The van der Waals surface area contributed by atoms with E-state index in [-0.39, 0.29) is 11.9 Å². The molecule has 0 amide bonds. The number of fused-ring (bicyclic) bond motifs is 1. The van der Waals surface area contributed by atoms with Gasteiger partial charge in [-0.1, -0.05) is 0 Å². The van der Waals surface area contributed by atoms with Gasteiger partial charge in [0.1, 0.15) is 11.6 Å². The maximum atomic E-state index is 13.6. The van der Waals surface area contributed by atoms with Crippen molar-refractivity contribution in [2.24, 2.45) is 0 Å². The zero-order valence-electron chi connectivity index (χ0n) is 14.2. The summed E-state index contributed by atoms with van der Waals surface area (Å²) < 4.78 is 19.4. The third-order valence-corrected chi connectivity index (χ3v) is 4.88. The molecule has 1 N–H and O–H groups in total. The molecule has 132 valence electrons. The fraction of sp³-hybridized carbons (Fsp3) is 0.474. The summed E-state index contributed by atoms with van der Waals surface area (Å²) in [4.78, 5) is 11.2. The summed E-state index contributed by atoms with van der Waals surface area (Å²) in [5, 5.41) is 3.51. The molecule has 4 rings (SSSR count). The number of hydrogen-bond donors (Lipinski definition) is 1. The summed E-state index contributed by atoms with van der Waals surface area (Å²) >= 11 is 0. The number of ether oxygens (including phenoxy) is 1. The standard InChI is InChI=1S/C19H23FN4O/c20-15-5-6-18-16(10-15)17(4-3-9-25-18)21-11-14-12-22-19(23-13-14)24-7-1-2-8-24/h5-6,10,12-13,17,21H,1-4,7-9,11H2/t17-/m0/s1. The van der Waals surface area contributed by atoms with Gasteiger partial charge in [-0.15, -0.1) is 0 Å². The highest BCUT2D eigenvalue weighted by molar-refractivity contribution is 5.37. The Morgan fingerprint density at radius 3 is 2.76 bits per heavy atom. The van der Waals surface area contributed by atoms with Gasteiger partial charge in [-0.2, -0.15) is 0 Å². The SMILES string of the molecule is Fc1ccc2c(c1)[C@@H](NCc1cnc(N3CCCC3)nc1)CCCO2. The monoisotopic (exact) mass is 342 g/mol. The fourth-order valence-corrected chi connectivity index (χ4v) is 3.52. The van der Waals surface area contributed by atoms with Crippen LogP contribution in [0.1, 0.15) is 42.9 Å². The lowest BCUT2D eigenvalue weighted by atomic mass is 10.0. The van der Waals surface area contributed by atoms with Crippen LogP contribution in [0.15, 0.2) is 30.6 Å². The summed E-state index contributed by atoms with van der Waals surface area (Å²) in [6, 6.07) is 4.82. The fourth-order valence-electron chi connectivity index (χ4n) is 3.52. The van der Waals surface area contributed by atoms with Crippen molar-refractivity contribution < 1.29 is 9.13 Å². The molecule has 0 aliphatic carbocycles. The van der Waals surface area contributed by atoms with E-state index in [1.54, 1.807) is 12.1 Å². The van der Waals surface area contributed by atoms with Crippen LogP contribution in [0.25, 0.3) is 0 Å². The first-order valence-corrected chi connectivity index (χ1v) is 9.01. The lowest BCUT2D eigenvalue weighted by Crippen LogP contribution is -2.22. The van der Waals surface area contributed by atoms with E-state index in [9.17, 15) is 4.39 Å². The third kappa shape index (κ3) is 3.74. The molecule has 1 atom stereocenters. The molecule has 1 fully saturated rings. The van der Waals surface area contributed by atoms with Crippen LogP contribution in [-0.2, 0) is 6.54 Å². The Hall–Kier alpha value is -2.21. The first-order chi connectivity index (χ1) is 12.3. The number of rotatable bonds is 4. The van der Waals surface area contributed by atoms with Crippen LogP contribution in [-0.4, -0.2) is 29.7 Å². The molecule has 3 heterocycles. The normalized spacial score (nSPS) is 20.0. The summed E-state index contributed by atoms with van der Waals surface area (Å²) in [6.07, 6.45) is 8.06. The molecule has 2 aliphatic heterocycles. The van der Waals surface area contributed by atoms with Crippen LogP contribution in [0.3, 0.4) is 0 Å². The number of nitrogens with zero attached hydrogens (tertiary/aromatic N) is 3. The van der Waals surface area contributed by atoms with Crippen molar-refractivity contribution in [2.75, 3.05) is 24.6 Å². The van der Waals surface area contributed by atoms with Crippen LogP contribution in [0.5, 0.6) is 5.75 Å². The second kappa shape index (κ2) is 7.35. The largest absolute Gasteiger partial charge is 0.493 e. The van der Waals surface area contributed by atoms with Crippen LogP contribution < -0.4 is 15.0 Å². The molecular weight excluding hydrogens is 319 g/mol. The van der Waals surface area contributed by atoms with Crippen molar-refractivity contribution in [1.82, 2.24) is 15.3 Å². The topological polar surface area (TPSA) is 50.3 Å². The predicted octanol–water partition coefficient (Wildman–Crippen LogP) is 3.22. The maximum Gasteiger partial charge on any atom is 0.225 e. The highest BCUT2D eigenvalue weighted by Gasteiger charge is 2.20. The average Bonchev–Trinajstić information content (AvgIpc) is 3.10. The summed E-state index contributed by atoms with van der Waals surface area (Å²) in [7, 11) is 0. The summed E-state index contributed by atoms with van der Waals surface area (Å²) in [5.74, 6) is 1.36. The molecule has 0 radical (unpaired) electrons. The Kier molecular flexibility index (Phi) is 4.78. The van der Waals surface area contributed by atoms with E-state index in [0.29, 0.717) is 13.2 Å². The van der Waals surface area contributed by atoms with Gasteiger partial charge in [0.15, 0.2) is 0 Å². The molecule has 1 saturated heterocycles. The molecule has 5 nitrogen and oxygen atoms in total. The van der Waals surface area contributed by atoms with E-state index in [1.165, 1.54) is 18.9 Å². The van der Waals surface area contributed by atoms with Gasteiger partial charge in [0.25, 0.3) is 0 Å². The van der Waals surface area contributed by atoms with Crippen molar-refractivity contribution >= 4 is 5.95 Å². The van der Waals surface area contributed by atoms with Crippen LogP contribution in [0.4, 0.5) is 10.3 Å². The van der Waals surface area contributed by atoms with Gasteiger partial charge in [0.05, 0.1) is 6.61 Å². The van der Waals surface area contributed by atoms with Crippen LogP contribution >= 0.6 is 0 Å². The van der Waals surface area contributed by atoms with Crippen molar-refractivity contribution in [3.8, 4) is 5.75 Å². The maximum absolute atomic E-state index is 13.6. The molecule has 1 aromatic carbocycles. The lowest BCUT2D eigenvalue weighted by Gasteiger charge is -2.19. The van der Waals surface area contributed by atoms with Crippen molar-refractivity contribution in [1.29, 1.82) is 0 Å². The second-order valence-corrected chi connectivity index (χ2v) is 6.69. The number of nitrogens with one attached hydrogen (secondary N) is 1. The van der Waals surface area contributed by atoms with Gasteiger partial charge in [-0.25, -0.2) is 14.4 Å². The van der Waals surface area contributed by atoms with Gasteiger partial charge in [-0.3, -0.25) is 0 Å². The lowest BCUT2D eigenvalue weighted by molar-refractivity contribution is 0.315. The summed E-state index contributed by atoms with van der Waals surface area (Å²) in [6.45, 7) is 3.41. The molecule has 1 aromatic heterocycles. The predicted molar refractivity (Wildman–Crippen MR) is 94.2 cm³/mol. The molecular formula is C19H23FN4O. The number of halogens is 1. The number of hydrogen-bond acceptors (Lipinski definition) is 5. The van der Waals surface area contributed by atoms with E-state index < -0.39 is 0 Å². The van der Waals surface area contributed by atoms with Crippen molar-refractivity contribution in [3.05, 3.63) is 47.5 Å². The third-order valence-electron chi connectivity index (χ3n) is 4.88. The molecule has 0 saturated carbocycles. The van der Waals surface area contributed by atoms with E-state index in [1.807, 2.05) is 12.4 Å². The van der Waals surface area contributed by atoms with Crippen LogP contribution in [0.2, 0.25) is 0 Å². The minimum Gasteiger partial charge on any atom is -0.493 e. The van der Waals surface area contributed by atoms with Crippen molar-refractivity contribution in [2.45, 2.75) is 38.3 Å². The minimum atomic E-state index is -0.227. The van der Waals surface area contributed by atoms with E-state index in [0.717, 1.165) is 48.8 Å². The first-order valence-electron chi connectivity index (χ1n) is 9.01. The smallest absolute Gasteiger partial charge is 0.225 e. The average molecular weight is 342 g/mol. The highest BCUT2D eigenvalue weighted by Crippen LogP contribution is 2.32. The zero-order chi connectivity index (χ0) is 17.1. The first kappa shape index (κ1) is 16.3. The molecule has 0 spiro atoms. The highest BCUT2D eigenvalue weighted by atomic mass is 19.1. The van der Waals surface area contributed by atoms with E-state index in [2.05, 4.69) is 20.2 Å². The molecule has 2 aliphatic rings. The van der Waals surface area contributed by atoms with E-state index >= 15 is 0 Å². The zero-order valence-corrected chi connectivity index (χ0v) is 14.2. The Morgan fingerprint density at radius 1 is 1.16 bits per heavy atom. The Labute approximate surface area is 147 Å². The molecule has 0 unspecified atom stereocenters. The van der Waals surface area contributed by atoms with E-state index in [4.69, 9.17) is 4.74 Å². The Balaban J connectivity index is 1.43. The molecule has 6 heteroatoms. The number of aromatic nitrogens is 2. The van der Waals surface area contributed by atoms with Gasteiger partial charge in [-0.05, 0) is 43.9 Å².